The van der Waals surface area contributed by atoms with Crippen LogP contribution in [-0.4, -0.2) is 70.2 Å². The predicted molar refractivity (Wildman–Crippen MR) is 163 cm³/mol. The van der Waals surface area contributed by atoms with Crippen LogP contribution >= 0.6 is 23.2 Å². The van der Waals surface area contributed by atoms with E-state index in [1.807, 2.05) is 31.2 Å². The van der Waals surface area contributed by atoms with Gasteiger partial charge in [-0.2, -0.15) is 4.98 Å². The van der Waals surface area contributed by atoms with Crippen molar-refractivity contribution in [3.05, 3.63) is 88.6 Å². The second-order valence-corrected chi connectivity index (χ2v) is 10.9. The van der Waals surface area contributed by atoms with Crippen LogP contribution in [0.2, 0.25) is 10.2 Å². The molecular formula is C30H33Cl2N7O3. The van der Waals surface area contributed by atoms with Crippen LogP contribution in [0.3, 0.4) is 0 Å². The van der Waals surface area contributed by atoms with Crippen molar-refractivity contribution in [2.45, 2.75) is 32.0 Å². The molecule has 1 saturated heterocycles. The highest BCUT2D eigenvalue weighted by Crippen LogP contribution is 2.28. The van der Waals surface area contributed by atoms with Gasteiger partial charge < -0.3 is 19.7 Å². The van der Waals surface area contributed by atoms with E-state index in [1.54, 1.807) is 49.6 Å². The first-order valence-corrected chi connectivity index (χ1v) is 14.4. The van der Waals surface area contributed by atoms with Gasteiger partial charge >= 0.3 is 0 Å². The number of benzene rings is 2. The van der Waals surface area contributed by atoms with E-state index in [9.17, 15) is 4.79 Å². The molecule has 5 rings (SSSR count). The Hall–Kier alpha value is -3.86. The lowest BCUT2D eigenvalue weighted by molar-refractivity contribution is -0.122. The van der Waals surface area contributed by atoms with E-state index in [4.69, 9.17) is 37.7 Å². The summed E-state index contributed by atoms with van der Waals surface area (Å²) in [4.78, 5) is 31.2. The molecule has 1 fully saturated rings. The quantitative estimate of drug-likeness (QED) is 0.252. The summed E-state index contributed by atoms with van der Waals surface area (Å²) in [6.45, 7) is 4.79. The maximum absolute atomic E-state index is 13.4. The van der Waals surface area contributed by atoms with E-state index in [0.29, 0.717) is 40.8 Å². The van der Waals surface area contributed by atoms with Gasteiger partial charge in [0.1, 0.15) is 28.8 Å². The molecule has 3 heterocycles. The Morgan fingerprint density at radius 3 is 2.57 bits per heavy atom. The second-order valence-electron chi connectivity index (χ2n) is 10.1. The molecule has 1 amide bonds. The number of rotatable bonds is 10. The summed E-state index contributed by atoms with van der Waals surface area (Å²) < 4.78 is 12.3. The molecule has 2 aromatic heterocycles. The summed E-state index contributed by atoms with van der Waals surface area (Å²) in [5, 5.41) is 3.95. The number of methoxy groups -OCH3 is 2. The van der Waals surface area contributed by atoms with Crippen molar-refractivity contribution in [2.75, 3.05) is 38.8 Å². The number of ether oxygens (including phenoxy) is 2. The standard InChI is InChI=1S/C30H33Cl2N7O3/c1-20(22-6-9-26(42-3)25(31)14-22)34-29(40)15-23-18-37(17-21-4-7-24(41-2)8-5-21)12-13-39(23)28-16-27(32)35-30(36-28)38-11-10-33-19-38/h4-11,14,16,19-20,23H,12-13,15,17-18H2,1-3H3,(H,34,40). The number of hydrogen-bond donors (Lipinski definition) is 1. The number of nitrogens with zero attached hydrogens (tertiary/aromatic N) is 6. The van der Waals surface area contributed by atoms with Crippen molar-refractivity contribution >= 4 is 34.9 Å². The minimum Gasteiger partial charge on any atom is -0.497 e. The highest BCUT2D eigenvalue weighted by Gasteiger charge is 2.31. The minimum atomic E-state index is -0.241. The number of aromatic nitrogens is 4. The molecule has 0 bridgehead atoms. The van der Waals surface area contributed by atoms with Gasteiger partial charge in [-0.25, -0.2) is 9.97 Å². The first-order chi connectivity index (χ1) is 20.3. The molecule has 2 atom stereocenters. The van der Waals surface area contributed by atoms with E-state index in [1.165, 1.54) is 5.56 Å². The number of piperazine rings is 1. The van der Waals surface area contributed by atoms with Crippen molar-refractivity contribution < 1.29 is 14.3 Å². The Morgan fingerprint density at radius 1 is 1.07 bits per heavy atom. The zero-order chi connectivity index (χ0) is 29.6. The monoisotopic (exact) mass is 609 g/mol. The van der Waals surface area contributed by atoms with Gasteiger partial charge in [0, 0.05) is 51.1 Å². The van der Waals surface area contributed by atoms with E-state index < -0.39 is 0 Å². The number of anilines is 1. The van der Waals surface area contributed by atoms with Crippen LogP contribution in [-0.2, 0) is 11.3 Å². The second kappa shape index (κ2) is 13.4. The molecular weight excluding hydrogens is 577 g/mol. The van der Waals surface area contributed by atoms with Gasteiger partial charge in [0.25, 0.3) is 0 Å². The normalized spacial score (nSPS) is 16.2. The Bertz CT molecular complexity index is 1500. The summed E-state index contributed by atoms with van der Waals surface area (Å²) in [7, 11) is 3.23. The Balaban J connectivity index is 1.35. The van der Waals surface area contributed by atoms with Gasteiger partial charge in [0.15, 0.2) is 0 Å². The average molecular weight is 611 g/mol. The molecule has 0 saturated carbocycles. The van der Waals surface area contributed by atoms with E-state index in [2.05, 4.69) is 37.2 Å². The van der Waals surface area contributed by atoms with Gasteiger partial charge in [-0.3, -0.25) is 14.3 Å². The van der Waals surface area contributed by atoms with Gasteiger partial charge in [0.05, 0.1) is 31.3 Å². The molecule has 1 aliphatic rings. The maximum atomic E-state index is 13.4. The van der Waals surface area contributed by atoms with Crippen LogP contribution in [0.5, 0.6) is 11.5 Å². The molecule has 0 aliphatic carbocycles. The molecule has 12 heteroatoms. The lowest BCUT2D eigenvalue weighted by Crippen LogP contribution is -2.54. The molecule has 42 heavy (non-hydrogen) atoms. The molecule has 2 unspecified atom stereocenters. The molecule has 1 aliphatic heterocycles. The third-order valence-corrected chi connectivity index (χ3v) is 7.79. The molecule has 0 radical (unpaired) electrons. The fraction of sp³-hybridized carbons (Fsp3) is 0.333. The van der Waals surface area contributed by atoms with Crippen LogP contribution < -0.4 is 19.7 Å². The van der Waals surface area contributed by atoms with Crippen molar-refractivity contribution in [1.29, 1.82) is 0 Å². The number of hydrogen-bond acceptors (Lipinski definition) is 8. The fourth-order valence-electron chi connectivity index (χ4n) is 5.11. The third kappa shape index (κ3) is 7.13. The number of imidazole rings is 1. The summed E-state index contributed by atoms with van der Waals surface area (Å²) in [6, 6.07) is 14.9. The zero-order valence-corrected chi connectivity index (χ0v) is 25.2. The topological polar surface area (TPSA) is 97.6 Å². The molecule has 10 nitrogen and oxygen atoms in total. The average Bonchev–Trinajstić information content (AvgIpc) is 3.53. The summed E-state index contributed by atoms with van der Waals surface area (Å²) in [6.07, 6.45) is 5.31. The fourth-order valence-corrected chi connectivity index (χ4v) is 5.55. The van der Waals surface area contributed by atoms with Gasteiger partial charge in [0.2, 0.25) is 11.9 Å². The lowest BCUT2D eigenvalue weighted by atomic mass is 10.0. The number of carbonyl (C=O) groups excluding carboxylic acids is 1. The van der Waals surface area contributed by atoms with Crippen LogP contribution in [0.4, 0.5) is 5.82 Å². The lowest BCUT2D eigenvalue weighted by Gasteiger charge is -2.42. The molecule has 0 spiro atoms. The minimum absolute atomic E-state index is 0.0780. The first kappa shape index (κ1) is 29.6. The number of nitrogens with one attached hydrogen (secondary N) is 1. The number of halogens is 2. The number of carbonyl (C=O) groups is 1. The Morgan fingerprint density at radius 2 is 1.88 bits per heavy atom. The smallest absolute Gasteiger partial charge is 0.238 e. The van der Waals surface area contributed by atoms with Crippen molar-refractivity contribution in [3.8, 4) is 17.4 Å². The summed E-state index contributed by atoms with van der Waals surface area (Å²) in [5.74, 6) is 2.41. The van der Waals surface area contributed by atoms with Crippen molar-refractivity contribution in [1.82, 2.24) is 29.7 Å². The van der Waals surface area contributed by atoms with Crippen molar-refractivity contribution in [2.24, 2.45) is 0 Å². The SMILES string of the molecule is COc1ccc(CN2CCN(c3cc(Cl)nc(-n4ccnc4)n3)C(CC(=O)NC(C)c3ccc(OC)c(Cl)c3)C2)cc1. The number of amides is 1. The van der Waals surface area contributed by atoms with Crippen LogP contribution in [0.25, 0.3) is 5.95 Å². The van der Waals surface area contributed by atoms with Crippen molar-refractivity contribution in [3.63, 3.8) is 0 Å². The van der Waals surface area contributed by atoms with Gasteiger partial charge in [-0.15, -0.1) is 0 Å². The summed E-state index contributed by atoms with van der Waals surface area (Å²) in [5.41, 5.74) is 2.06. The summed E-state index contributed by atoms with van der Waals surface area (Å²) >= 11 is 12.8. The molecule has 4 aromatic rings. The van der Waals surface area contributed by atoms with Gasteiger partial charge in [-0.1, -0.05) is 41.4 Å². The first-order valence-electron chi connectivity index (χ1n) is 13.6. The van der Waals surface area contributed by atoms with E-state index in [-0.39, 0.29) is 24.4 Å². The zero-order valence-electron chi connectivity index (χ0n) is 23.7. The highest BCUT2D eigenvalue weighted by atomic mass is 35.5. The maximum Gasteiger partial charge on any atom is 0.238 e. The molecule has 1 N–H and O–H groups in total. The van der Waals surface area contributed by atoms with E-state index >= 15 is 0 Å². The Labute approximate surface area is 255 Å². The molecule has 2 aromatic carbocycles. The largest absolute Gasteiger partial charge is 0.497 e. The predicted octanol–water partition coefficient (Wildman–Crippen LogP) is 4.94. The van der Waals surface area contributed by atoms with Crippen LogP contribution in [0.15, 0.2) is 67.3 Å². The van der Waals surface area contributed by atoms with Crippen LogP contribution in [0.1, 0.15) is 30.5 Å². The third-order valence-electron chi connectivity index (χ3n) is 7.31. The highest BCUT2D eigenvalue weighted by molar-refractivity contribution is 6.32. The molecule has 220 valence electrons. The van der Waals surface area contributed by atoms with E-state index in [0.717, 1.165) is 24.4 Å². The van der Waals surface area contributed by atoms with Gasteiger partial charge in [-0.05, 0) is 42.3 Å². The van der Waals surface area contributed by atoms with Crippen LogP contribution in [0, 0.1) is 0 Å². The Kier molecular flexibility index (Phi) is 9.46.